The summed E-state index contributed by atoms with van der Waals surface area (Å²) in [5.74, 6) is 0.755. The number of ether oxygens (including phenoxy) is 1. The van der Waals surface area contributed by atoms with E-state index >= 15 is 0 Å². The van der Waals surface area contributed by atoms with E-state index in [-0.39, 0.29) is 12.1 Å². The van der Waals surface area contributed by atoms with Gasteiger partial charge in [-0.25, -0.2) is 4.98 Å². The largest absolute Gasteiger partial charge is 0.497 e. The maximum atomic E-state index is 13.2. The molecule has 4 nitrogen and oxygen atoms in total. The molecule has 8 heteroatoms. The van der Waals surface area contributed by atoms with Crippen molar-refractivity contribution in [2.45, 2.75) is 6.54 Å². The van der Waals surface area contributed by atoms with E-state index in [4.69, 9.17) is 39.5 Å². The number of hydrogen-bond donors (Lipinski definition) is 0. The van der Waals surface area contributed by atoms with Gasteiger partial charge in [0.25, 0.3) is 5.56 Å². The quantitative estimate of drug-likeness (QED) is 0.374. The molecule has 0 N–H and O–H groups in total. The van der Waals surface area contributed by atoms with E-state index in [1.165, 1.54) is 22.2 Å². The number of halogens is 3. The van der Waals surface area contributed by atoms with Crippen molar-refractivity contribution >= 4 is 56.4 Å². The molecule has 0 amide bonds. The van der Waals surface area contributed by atoms with Crippen LogP contribution in [0.15, 0.2) is 52.9 Å². The lowest BCUT2D eigenvalue weighted by Gasteiger charge is -2.10. The average Bonchev–Trinajstić information content (AvgIpc) is 3.11. The summed E-state index contributed by atoms with van der Waals surface area (Å²) in [6.45, 7) is 0.203. The topological polar surface area (TPSA) is 44.1 Å². The van der Waals surface area contributed by atoms with Crippen LogP contribution in [-0.2, 0) is 6.54 Å². The number of rotatable bonds is 4. The summed E-state index contributed by atoms with van der Waals surface area (Å²) in [5.41, 5.74) is 2.23. The van der Waals surface area contributed by atoms with Gasteiger partial charge < -0.3 is 4.74 Å². The summed E-state index contributed by atoms with van der Waals surface area (Å²) >= 11 is 20.0. The Kier molecular flexibility index (Phi) is 5.34. The van der Waals surface area contributed by atoms with Crippen LogP contribution in [0.5, 0.6) is 5.75 Å². The van der Waals surface area contributed by atoms with E-state index in [9.17, 15) is 4.79 Å². The Morgan fingerprint density at radius 1 is 1.11 bits per heavy atom. The lowest BCUT2D eigenvalue weighted by molar-refractivity contribution is 0.415. The monoisotopic (exact) mass is 450 g/mol. The lowest BCUT2D eigenvalue weighted by Crippen LogP contribution is -2.21. The fourth-order valence-electron chi connectivity index (χ4n) is 2.96. The molecule has 0 saturated heterocycles. The van der Waals surface area contributed by atoms with Crippen molar-refractivity contribution in [3.8, 4) is 16.9 Å². The second-order valence-electron chi connectivity index (χ2n) is 6.08. The van der Waals surface area contributed by atoms with E-state index in [1.54, 1.807) is 19.2 Å². The van der Waals surface area contributed by atoms with Crippen LogP contribution < -0.4 is 10.3 Å². The molecule has 0 fully saturated rings. The van der Waals surface area contributed by atoms with Gasteiger partial charge in [0.1, 0.15) is 10.6 Å². The SMILES string of the molecule is COc1ccc(-c2csc3ncn(Cc4c(Cl)cc(Cl)cc4Cl)c(=O)c23)cc1. The van der Waals surface area contributed by atoms with Gasteiger partial charge in [0, 0.05) is 31.6 Å². The molecule has 142 valence electrons. The average molecular weight is 452 g/mol. The van der Waals surface area contributed by atoms with E-state index in [2.05, 4.69) is 4.98 Å². The van der Waals surface area contributed by atoms with Crippen LogP contribution in [0, 0.1) is 0 Å². The molecule has 4 rings (SSSR count). The highest BCUT2D eigenvalue weighted by molar-refractivity contribution is 7.17. The number of fused-ring (bicyclic) bond motifs is 1. The van der Waals surface area contributed by atoms with Crippen molar-refractivity contribution in [3.05, 3.63) is 79.1 Å². The van der Waals surface area contributed by atoms with Crippen LogP contribution in [0.1, 0.15) is 5.56 Å². The highest BCUT2D eigenvalue weighted by Crippen LogP contribution is 2.32. The minimum Gasteiger partial charge on any atom is -0.497 e. The Bertz CT molecular complexity index is 1210. The van der Waals surface area contributed by atoms with Gasteiger partial charge in [-0.2, -0.15) is 0 Å². The molecule has 2 aromatic carbocycles. The zero-order valence-corrected chi connectivity index (χ0v) is 17.7. The predicted octanol–water partition coefficient (Wildman–Crippen LogP) is 6.14. The second-order valence-corrected chi connectivity index (χ2v) is 8.19. The van der Waals surface area contributed by atoms with Crippen LogP contribution in [0.25, 0.3) is 21.3 Å². The number of methoxy groups -OCH3 is 1. The fraction of sp³-hybridized carbons (Fsp3) is 0.100. The standard InChI is InChI=1S/C20H13Cl3N2O2S/c1-27-13-4-2-11(3-5-13)15-9-28-19-18(15)20(26)25(10-24-19)8-14-16(22)6-12(21)7-17(14)23/h2-7,9-10H,8H2,1H3. The van der Waals surface area contributed by atoms with E-state index < -0.39 is 0 Å². The van der Waals surface area contributed by atoms with Crippen molar-refractivity contribution in [2.75, 3.05) is 7.11 Å². The highest BCUT2D eigenvalue weighted by atomic mass is 35.5. The van der Waals surface area contributed by atoms with Crippen molar-refractivity contribution in [1.29, 1.82) is 0 Å². The van der Waals surface area contributed by atoms with Gasteiger partial charge in [0.05, 0.1) is 25.4 Å². The third-order valence-electron chi connectivity index (χ3n) is 4.40. The first-order valence-corrected chi connectivity index (χ1v) is 10.2. The van der Waals surface area contributed by atoms with Crippen LogP contribution in [-0.4, -0.2) is 16.7 Å². The van der Waals surface area contributed by atoms with Crippen molar-refractivity contribution in [2.24, 2.45) is 0 Å². The molecule has 0 aliphatic heterocycles. The van der Waals surface area contributed by atoms with Gasteiger partial charge >= 0.3 is 0 Å². The first kappa shape index (κ1) is 19.3. The minimum atomic E-state index is -0.154. The van der Waals surface area contributed by atoms with Gasteiger partial charge in [-0.1, -0.05) is 46.9 Å². The number of benzene rings is 2. The van der Waals surface area contributed by atoms with Gasteiger partial charge in [-0.15, -0.1) is 11.3 Å². The number of nitrogens with zero attached hydrogens (tertiary/aromatic N) is 2. The third-order valence-corrected chi connectivity index (χ3v) is 6.18. The van der Waals surface area contributed by atoms with E-state index in [1.807, 2.05) is 29.6 Å². The molecule has 0 radical (unpaired) electrons. The second kappa shape index (κ2) is 7.76. The Labute approximate surface area is 179 Å². The highest BCUT2D eigenvalue weighted by Gasteiger charge is 2.15. The van der Waals surface area contributed by atoms with Crippen LogP contribution in [0.2, 0.25) is 15.1 Å². The Morgan fingerprint density at radius 3 is 2.43 bits per heavy atom. The number of hydrogen-bond acceptors (Lipinski definition) is 4. The molecule has 2 heterocycles. The number of thiophene rings is 1. The zero-order chi connectivity index (χ0) is 19.8. The molecular weight excluding hydrogens is 439 g/mol. The Hall–Kier alpha value is -2.05. The normalized spacial score (nSPS) is 11.1. The van der Waals surface area contributed by atoms with Crippen LogP contribution in [0.4, 0.5) is 0 Å². The molecule has 28 heavy (non-hydrogen) atoms. The predicted molar refractivity (Wildman–Crippen MR) is 116 cm³/mol. The third kappa shape index (κ3) is 3.51. The minimum absolute atomic E-state index is 0.154. The summed E-state index contributed by atoms with van der Waals surface area (Å²) in [6, 6.07) is 10.8. The van der Waals surface area contributed by atoms with Gasteiger partial charge in [0.2, 0.25) is 0 Å². The summed E-state index contributed by atoms with van der Waals surface area (Å²) in [6.07, 6.45) is 1.51. The van der Waals surface area contributed by atoms with Gasteiger partial charge in [0.15, 0.2) is 0 Å². The molecule has 0 saturated carbocycles. The summed E-state index contributed by atoms with van der Waals surface area (Å²) in [7, 11) is 1.62. The fourth-order valence-corrected chi connectivity index (χ4v) is 4.80. The first-order valence-electron chi connectivity index (χ1n) is 8.22. The maximum Gasteiger partial charge on any atom is 0.263 e. The van der Waals surface area contributed by atoms with Crippen molar-refractivity contribution in [3.63, 3.8) is 0 Å². The van der Waals surface area contributed by atoms with Crippen LogP contribution >= 0.6 is 46.1 Å². The smallest absolute Gasteiger partial charge is 0.263 e. The van der Waals surface area contributed by atoms with E-state index in [0.29, 0.717) is 30.8 Å². The van der Waals surface area contributed by atoms with Crippen molar-refractivity contribution in [1.82, 2.24) is 9.55 Å². The molecule has 0 aliphatic rings. The zero-order valence-electron chi connectivity index (χ0n) is 14.6. The maximum absolute atomic E-state index is 13.2. The Morgan fingerprint density at radius 2 is 1.79 bits per heavy atom. The first-order chi connectivity index (χ1) is 13.5. The van der Waals surface area contributed by atoms with Crippen LogP contribution in [0.3, 0.4) is 0 Å². The summed E-state index contributed by atoms with van der Waals surface area (Å²) < 4.78 is 6.71. The van der Waals surface area contributed by atoms with Gasteiger partial charge in [-0.05, 0) is 29.8 Å². The van der Waals surface area contributed by atoms with Gasteiger partial charge in [-0.3, -0.25) is 9.36 Å². The lowest BCUT2D eigenvalue weighted by atomic mass is 10.1. The molecule has 0 spiro atoms. The summed E-state index contributed by atoms with van der Waals surface area (Å²) in [5, 5.41) is 3.77. The van der Waals surface area contributed by atoms with E-state index in [0.717, 1.165) is 16.9 Å². The molecule has 0 bridgehead atoms. The van der Waals surface area contributed by atoms with Crippen molar-refractivity contribution < 1.29 is 4.74 Å². The molecule has 0 unspecified atom stereocenters. The molecule has 4 aromatic rings. The molecule has 0 atom stereocenters. The molecule has 2 aromatic heterocycles. The molecular formula is C20H13Cl3N2O2S. The summed E-state index contributed by atoms with van der Waals surface area (Å²) in [4.78, 5) is 18.3. The molecule has 0 aliphatic carbocycles. The Balaban J connectivity index is 1.82. The number of aromatic nitrogens is 2.